The van der Waals surface area contributed by atoms with Gasteiger partial charge in [0.25, 0.3) is 5.56 Å². The fraction of sp³-hybridized carbons (Fsp3) is 0.435. The Kier molecular flexibility index (Phi) is 6.79. The summed E-state index contributed by atoms with van der Waals surface area (Å²) >= 11 is 2.86. The van der Waals surface area contributed by atoms with Gasteiger partial charge in [0.2, 0.25) is 0 Å². The molecule has 0 bridgehead atoms. The lowest BCUT2D eigenvalue weighted by molar-refractivity contribution is 0.0937. The molecule has 0 radical (unpaired) electrons. The average Bonchev–Trinajstić information content (AvgIpc) is 3.41. The van der Waals surface area contributed by atoms with E-state index in [0.717, 1.165) is 41.1 Å². The van der Waals surface area contributed by atoms with Crippen molar-refractivity contribution in [2.75, 3.05) is 19.5 Å². The van der Waals surface area contributed by atoms with Gasteiger partial charge in [-0.3, -0.25) is 14.2 Å². The van der Waals surface area contributed by atoms with Gasteiger partial charge < -0.3 is 9.47 Å². The standard InChI is InChI=1S/C23H26N2O4S2/c1-4-18-14(2)31-21-20(18)22(27)25(12-17-9-6-10-29-17)23(24-21)30-13-19(26)15-7-5-8-16(11-15)28-3/h5,7-8,11,17H,4,6,9-10,12-13H2,1-3H3. The molecule has 3 heterocycles. The lowest BCUT2D eigenvalue weighted by atomic mass is 10.1. The van der Waals surface area contributed by atoms with Crippen LogP contribution in [0.2, 0.25) is 0 Å². The summed E-state index contributed by atoms with van der Waals surface area (Å²) in [5.74, 6) is 0.812. The first-order valence-electron chi connectivity index (χ1n) is 10.5. The summed E-state index contributed by atoms with van der Waals surface area (Å²) in [6.45, 7) is 5.29. The van der Waals surface area contributed by atoms with Crippen LogP contribution in [0.5, 0.6) is 5.75 Å². The SMILES string of the molecule is CCc1c(C)sc2nc(SCC(=O)c3cccc(OC)c3)n(CC3CCCO3)c(=O)c12. The van der Waals surface area contributed by atoms with Crippen LogP contribution in [0, 0.1) is 6.92 Å². The maximum absolute atomic E-state index is 13.5. The van der Waals surface area contributed by atoms with Gasteiger partial charge in [0.15, 0.2) is 10.9 Å². The molecule has 1 unspecified atom stereocenters. The normalized spacial score (nSPS) is 16.2. The number of ketones is 1. The number of methoxy groups -OCH3 is 1. The van der Waals surface area contributed by atoms with Crippen molar-refractivity contribution in [3.05, 3.63) is 50.6 Å². The van der Waals surface area contributed by atoms with Crippen LogP contribution in [-0.4, -0.2) is 40.9 Å². The molecule has 1 saturated heterocycles. The van der Waals surface area contributed by atoms with Crippen LogP contribution in [0.25, 0.3) is 10.2 Å². The Morgan fingerprint density at radius 3 is 2.97 bits per heavy atom. The summed E-state index contributed by atoms with van der Waals surface area (Å²) in [6, 6.07) is 7.12. The molecule has 2 aromatic heterocycles. The number of hydrogen-bond acceptors (Lipinski definition) is 7. The second-order valence-electron chi connectivity index (χ2n) is 7.56. The summed E-state index contributed by atoms with van der Waals surface area (Å²) < 4.78 is 12.7. The largest absolute Gasteiger partial charge is 0.497 e. The Morgan fingerprint density at radius 2 is 2.26 bits per heavy atom. The van der Waals surface area contributed by atoms with Gasteiger partial charge in [-0.25, -0.2) is 4.98 Å². The monoisotopic (exact) mass is 458 g/mol. The minimum Gasteiger partial charge on any atom is -0.497 e. The maximum atomic E-state index is 13.5. The lowest BCUT2D eigenvalue weighted by Gasteiger charge is -2.16. The molecule has 0 spiro atoms. The molecule has 3 aromatic rings. The van der Waals surface area contributed by atoms with Gasteiger partial charge in [-0.05, 0) is 43.9 Å². The van der Waals surface area contributed by atoms with Gasteiger partial charge in [0, 0.05) is 17.0 Å². The van der Waals surface area contributed by atoms with E-state index in [2.05, 4.69) is 6.92 Å². The molecule has 0 amide bonds. The van der Waals surface area contributed by atoms with Gasteiger partial charge >= 0.3 is 0 Å². The average molecular weight is 459 g/mol. The number of thiophene rings is 1. The number of thioether (sulfide) groups is 1. The summed E-state index contributed by atoms with van der Waals surface area (Å²) in [6.07, 6.45) is 2.74. The predicted molar refractivity (Wildman–Crippen MR) is 125 cm³/mol. The number of Topliss-reactive ketones (excluding diaryl/α,β-unsaturated/α-hetero) is 1. The van der Waals surface area contributed by atoms with E-state index in [0.29, 0.717) is 28.4 Å². The smallest absolute Gasteiger partial charge is 0.263 e. The molecule has 0 N–H and O–H groups in total. The molecule has 1 aliphatic rings. The number of carbonyl (C=O) groups is 1. The van der Waals surface area contributed by atoms with Crippen molar-refractivity contribution in [2.45, 2.75) is 50.9 Å². The predicted octanol–water partition coefficient (Wildman–Crippen LogP) is 4.49. The van der Waals surface area contributed by atoms with E-state index in [9.17, 15) is 9.59 Å². The molecule has 4 rings (SSSR count). The lowest BCUT2D eigenvalue weighted by Crippen LogP contribution is -2.29. The van der Waals surface area contributed by atoms with Crippen molar-refractivity contribution in [1.82, 2.24) is 9.55 Å². The minimum absolute atomic E-state index is 0.00944. The van der Waals surface area contributed by atoms with Gasteiger partial charge in [0.05, 0.1) is 30.9 Å². The van der Waals surface area contributed by atoms with Crippen LogP contribution in [0.15, 0.2) is 34.2 Å². The van der Waals surface area contributed by atoms with E-state index in [4.69, 9.17) is 14.5 Å². The summed E-state index contributed by atoms with van der Waals surface area (Å²) in [4.78, 5) is 33.0. The van der Waals surface area contributed by atoms with E-state index < -0.39 is 0 Å². The summed E-state index contributed by atoms with van der Waals surface area (Å²) in [7, 11) is 1.58. The summed E-state index contributed by atoms with van der Waals surface area (Å²) in [5.41, 5.74) is 1.63. The topological polar surface area (TPSA) is 70.4 Å². The Balaban J connectivity index is 1.67. The highest BCUT2D eigenvalue weighted by Gasteiger charge is 2.23. The number of hydrogen-bond donors (Lipinski definition) is 0. The van der Waals surface area contributed by atoms with Crippen molar-refractivity contribution in [1.29, 1.82) is 0 Å². The Labute approximate surface area is 189 Å². The van der Waals surface area contributed by atoms with Crippen LogP contribution in [0.3, 0.4) is 0 Å². The molecule has 1 fully saturated rings. The molecule has 164 valence electrons. The number of nitrogens with zero attached hydrogens (tertiary/aromatic N) is 2. The molecule has 1 atom stereocenters. The number of rotatable bonds is 8. The highest BCUT2D eigenvalue weighted by Crippen LogP contribution is 2.30. The highest BCUT2D eigenvalue weighted by atomic mass is 32.2. The first-order valence-corrected chi connectivity index (χ1v) is 12.3. The van der Waals surface area contributed by atoms with Gasteiger partial charge in [-0.1, -0.05) is 30.8 Å². The number of benzene rings is 1. The first kappa shape index (κ1) is 22.0. The third-order valence-electron chi connectivity index (χ3n) is 5.57. The van der Waals surface area contributed by atoms with Crippen LogP contribution in [0.1, 0.15) is 40.6 Å². The Hall–Kier alpha value is -2.16. The minimum atomic E-state index is -0.0296. The molecule has 0 aliphatic carbocycles. The fourth-order valence-corrected chi connectivity index (χ4v) is 5.99. The zero-order valence-electron chi connectivity index (χ0n) is 18.0. The number of aromatic nitrogens is 2. The zero-order valence-corrected chi connectivity index (χ0v) is 19.6. The molecular weight excluding hydrogens is 432 g/mol. The van der Waals surface area contributed by atoms with Gasteiger partial charge in [0.1, 0.15) is 10.6 Å². The summed E-state index contributed by atoms with van der Waals surface area (Å²) in [5, 5.41) is 1.29. The van der Waals surface area contributed by atoms with E-state index in [1.165, 1.54) is 11.8 Å². The van der Waals surface area contributed by atoms with E-state index in [1.54, 1.807) is 41.2 Å². The van der Waals surface area contributed by atoms with Crippen LogP contribution >= 0.6 is 23.1 Å². The van der Waals surface area contributed by atoms with Gasteiger partial charge in [-0.15, -0.1) is 11.3 Å². The van der Waals surface area contributed by atoms with Gasteiger partial charge in [-0.2, -0.15) is 0 Å². The second-order valence-corrected chi connectivity index (χ2v) is 9.71. The highest BCUT2D eigenvalue weighted by molar-refractivity contribution is 7.99. The van der Waals surface area contributed by atoms with E-state index in [-0.39, 0.29) is 23.2 Å². The molecule has 1 aromatic carbocycles. The zero-order chi connectivity index (χ0) is 22.0. The quantitative estimate of drug-likeness (QED) is 0.281. The Morgan fingerprint density at radius 1 is 1.42 bits per heavy atom. The van der Waals surface area contributed by atoms with Crippen molar-refractivity contribution in [3.8, 4) is 5.75 Å². The second kappa shape index (κ2) is 9.54. The third kappa shape index (κ3) is 4.56. The van der Waals surface area contributed by atoms with Crippen LogP contribution in [0.4, 0.5) is 0 Å². The number of carbonyl (C=O) groups excluding carboxylic acids is 1. The maximum Gasteiger partial charge on any atom is 0.263 e. The fourth-order valence-electron chi connectivity index (χ4n) is 3.93. The molecule has 1 aliphatic heterocycles. The molecule has 8 heteroatoms. The third-order valence-corrected chi connectivity index (χ3v) is 7.58. The van der Waals surface area contributed by atoms with E-state index in [1.807, 2.05) is 13.0 Å². The van der Waals surface area contributed by atoms with E-state index >= 15 is 0 Å². The number of ether oxygens (including phenoxy) is 2. The van der Waals surface area contributed by atoms with Crippen molar-refractivity contribution < 1.29 is 14.3 Å². The van der Waals surface area contributed by atoms with Crippen molar-refractivity contribution >= 4 is 39.1 Å². The molecule has 0 saturated carbocycles. The first-order chi connectivity index (χ1) is 15.0. The number of aryl methyl sites for hydroxylation is 2. The molecule has 31 heavy (non-hydrogen) atoms. The molecule has 6 nitrogen and oxygen atoms in total. The number of fused-ring (bicyclic) bond motifs is 1. The Bertz CT molecular complexity index is 1160. The van der Waals surface area contributed by atoms with Crippen LogP contribution in [-0.2, 0) is 17.7 Å². The van der Waals surface area contributed by atoms with Crippen molar-refractivity contribution in [2.24, 2.45) is 0 Å². The van der Waals surface area contributed by atoms with Crippen molar-refractivity contribution in [3.63, 3.8) is 0 Å². The van der Waals surface area contributed by atoms with Crippen LogP contribution < -0.4 is 10.3 Å². The molecular formula is C23H26N2O4S2.